The van der Waals surface area contributed by atoms with Gasteiger partial charge < -0.3 is 19.5 Å². The molecule has 0 spiro atoms. The van der Waals surface area contributed by atoms with Gasteiger partial charge in [0.2, 0.25) is 5.91 Å². The number of halogens is 1. The molecule has 1 amide bonds. The molecule has 0 saturated carbocycles. The van der Waals surface area contributed by atoms with E-state index in [1.165, 1.54) is 0 Å². The fourth-order valence-electron chi connectivity index (χ4n) is 4.04. The number of furan rings is 1. The number of carbonyl (C=O) groups excluding carboxylic acids is 1. The summed E-state index contributed by atoms with van der Waals surface area (Å²) in [5.41, 5.74) is 0. The van der Waals surface area contributed by atoms with Gasteiger partial charge in [0.25, 0.3) is 0 Å². The molecule has 1 N–H and O–H groups in total. The summed E-state index contributed by atoms with van der Waals surface area (Å²) in [6.07, 6.45) is 7.11. The second kappa shape index (κ2) is 13.2. The zero-order valence-electron chi connectivity index (χ0n) is 18.5. The van der Waals surface area contributed by atoms with Crippen LogP contribution in [0.1, 0.15) is 45.3 Å². The Kier molecular flexibility index (Phi) is 11.0. The Morgan fingerprint density at radius 3 is 2.53 bits per heavy atom. The Hall–Kier alpha value is -1.29. The van der Waals surface area contributed by atoms with E-state index in [1.807, 2.05) is 17.0 Å². The van der Waals surface area contributed by atoms with E-state index in [2.05, 4.69) is 29.0 Å². The highest BCUT2D eigenvalue weighted by Gasteiger charge is 2.30. The van der Waals surface area contributed by atoms with E-state index < -0.39 is 0 Å². The molecule has 0 aromatic carbocycles. The number of carbonyl (C=O) groups is 1. The molecule has 1 atom stereocenters. The number of nitrogens with zero attached hydrogens (tertiary/aromatic N) is 4. The van der Waals surface area contributed by atoms with Crippen molar-refractivity contribution < 1.29 is 9.21 Å². The molecule has 1 unspecified atom stereocenters. The Morgan fingerprint density at radius 1 is 1.17 bits per heavy atom. The fourth-order valence-corrected chi connectivity index (χ4v) is 4.04. The maximum atomic E-state index is 12.7. The number of rotatable bonds is 8. The van der Waals surface area contributed by atoms with Gasteiger partial charge in [0, 0.05) is 58.8 Å². The number of guanidine groups is 1. The van der Waals surface area contributed by atoms with E-state index in [0.717, 1.165) is 96.2 Å². The summed E-state index contributed by atoms with van der Waals surface area (Å²) in [6, 6.07) is 3.91. The van der Waals surface area contributed by atoms with Crippen LogP contribution in [0.4, 0.5) is 0 Å². The third-order valence-electron chi connectivity index (χ3n) is 5.94. The summed E-state index contributed by atoms with van der Waals surface area (Å²) in [5, 5.41) is 3.52. The maximum Gasteiger partial charge on any atom is 0.239 e. The average molecular weight is 531 g/mol. The quantitative estimate of drug-likeness (QED) is 0.242. The monoisotopic (exact) mass is 531 g/mol. The average Bonchev–Trinajstić information content (AvgIpc) is 3.46. The van der Waals surface area contributed by atoms with E-state index in [-0.39, 0.29) is 30.0 Å². The van der Waals surface area contributed by atoms with Crippen molar-refractivity contribution >= 4 is 35.8 Å². The third kappa shape index (κ3) is 7.14. The van der Waals surface area contributed by atoms with Crippen LogP contribution in [-0.4, -0.2) is 85.0 Å². The number of unbranched alkanes of at least 4 members (excludes halogenated alkanes) is 1. The highest BCUT2D eigenvalue weighted by molar-refractivity contribution is 14.0. The molecule has 8 heteroatoms. The van der Waals surface area contributed by atoms with Crippen LogP contribution in [-0.2, 0) is 11.2 Å². The van der Waals surface area contributed by atoms with Crippen LogP contribution in [0.2, 0.25) is 0 Å². The molecule has 2 fully saturated rings. The smallest absolute Gasteiger partial charge is 0.239 e. The van der Waals surface area contributed by atoms with E-state index >= 15 is 0 Å². The van der Waals surface area contributed by atoms with Gasteiger partial charge in [-0.1, -0.05) is 13.3 Å². The van der Waals surface area contributed by atoms with Gasteiger partial charge in [-0.15, -0.1) is 24.0 Å². The van der Waals surface area contributed by atoms with Crippen molar-refractivity contribution in [3.63, 3.8) is 0 Å². The van der Waals surface area contributed by atoms with Crippen molar-refractivity contribution in [3.8, 4) is 0 Å². The minimum Gasteiger partial charge on any atom is -0.469 e. The minimum absolute atomic E-state index is 0. The van der Waals surface area contributed by atoms with Crippen LogP contribution in [0.5, 0.6) is 0 Å². The largest absolute Gasteiger partial charge is 0.469 e. The first kappa shape index (κ1) is 25.0. The van der Waals surface area contributed by atoms with E-state index in [0.29, 0.717) is 5.91 Å². The molecule has 7 nitrogen and oxygen atoms in total. The zero-order chi connectivity index (χ0) is 20.5. The Balaban J connectivity index is 0.00000320. The predicted octanol–water partition coefficient (Wildman–Crippen LogP) is 2.81. The number of nitrogens with one attached hydrogen (secondary N) is 1. The topological polar surface area (TPSA) is 64.3 Å². The predicted molar refractivity (Wildman–Crippen MR) is 131 cm³/mol. The number of hydrogen-bond acceptors (Lipinski definition) is 4. The number of likely N-dealkylation sites (tertiary alicyclic amines) is 1. The molecule has 2 saturated heterocycles. The lowest BCUT2D eigenvalue weighted by atomic mass is 10.2. The summed E-state index contributed by atoms with van der Waals surface area (Å²) < 4.78 is 5.43. The van der Waals surface area contributed by atoms with Gasteiger partial charge in [-0.25, -0.2) is 0 Å². The maximum absolute atomic E-state index is 12.7. The normalized spacial score (nSPS) is 18.9. The first-order valence-electron chi connectivity index (χ1n) is 11.3. The van der Waals surface area contributed by atoms with Crippen molar-refractivity contribution in [2.24, 2.45) is 4.99 Å². The van der Waals surface area contributed by atoms with Gasteiger partial charge in [-0.2, -0.15) is 0 Å². The zero-order valence-corrected chi connectivity index (χ0v) is 20.8. The summed E-state index contributed by atoms with van der Waals surface area (Å²) in [6.45, 7) is 11.4. The lowest BCUT2D eigenvalue weighted by molar-refractivity contribution is -0.135. The summed E-state index contributed by atoms with van der Waals surface area (Å²) in [4.78, 5) is 24.2. The molecule has 1 aromatic rings. The highest BCUT2D eigenvalue weighted by atomic mass is 127. The molecule has 0 aliphatic carbocycles. The summed E-state index contributed by atoms with van der Waals surface area (Å²) in [5.74, 6) is 2.28. The van der Waals surface area contributed by atoms with Gasteiger partial charge in [-0.3, -0.25) is 14.7 Å². The second-order valence-electron chi connectivity index (χ2n) is 8.05. The molecule has 0 bridgehead atoms. The van der Waals surface area contributed by atoms with Crippen LogP contribution < -0.4 is 5.32 Å². The first-order valence-corrected chi connectivity index (χ1v) is 11.3. The SMILES string of the molecule is CCCCN=C(NCCc1ccco1)N1CCN(C(C)C(=O)N2CCCC2)CC1.I. The van der Waals surface area contributed by atoms with Crippen molar-refractivity contribution in [1.82, 2.24) is 20.0 Å². The number of piperazine rings is 1. The number of amides is 1. The van der Waals surface area contributed by atoms with Crippen LogP contribution in [0.15, 0.2) is 27.8 Å². The molecule has 3 heterocycles. The first-order chi connectivity index (χ1) is 14.2. The van der Waals surface area contributed by atoms with E-state index in [4.69, 9.17) is 9.41 Å². The molecular weight excluding hydrogens is 493 g/mol. The molecular formula is C22H38IN5O2. The van der Waals surface area contributed by atoms with Gasteiger partial charge >= 0.3 is 0 Å². The Labute approximate surface area is 198 Å². The van der Waals surface area contributed by atoms with Crippen molar-refractivity contribution in [3.05, 3.63) is 24.2 Å². The van der Waals surface area contributed by atoms with Gasteiger partial charge in [0.05, 0.1) is 12.3 Å². The molecule has 1 aromatic heterocycles. The summed E-state index contributed by atoms with van der Waals surface area (Å²) in [7, 11) is 0. The van der Waals surface area contributed by atoms with E-state index in [1.54, 1.807) is 6.26 Å². The third-order valence-corrected chi connectivity index (χ3v) is 5.94. The lowest BCUT2D eigenvalue weighted by Gasteiger charge is -2.39. The van der Waals surface area contributed by atoms with Crippen LogP contribution in [0.25, 0.3) is 0 Å². The van der Waals surface area contributed by atoms with Crippen molar-refractivity contribution in [1.29, 1.82) is 0 Å². The Morgan fingerprint density at radius 2 is 1.90 bits per heavy atom. The van der Waals surface area contributed by atoms with Crippen LogP contribution in [0, 0.1) is 0 Å². The fraction of sp³-hybridized carbons (Fsp3) is 0.727. The summed E-state index contributed by atoms with van der Waals surface area (Å²) >= 11 is 0. The van der Waals surface area contributed by atoms with Gasteiger partial charge in [-0.05, 0) is 38.3 Å². The second-order valence-corrected chi connectivity index (χ2v) is 8.05. The minimum atomic E-state index is -0.0253. The number of hydrogen-bond donors (Lipinski definition) is 1. The molecule has 170 valence electrons. The van der Waals surface area contributed by atoms with Gasteiger partial charge in [0.15, 0.2) is 5.96 Å². The lowest BCUT2D eigenvalue weighted by Crippen LogP contribution is -2.57. The molecule has 2 aliphatic rings. The molecule has 0 radical (unpaired) electrons. The standard InChI is InChI=1S/C22H37N5O2.HI/c1-3-4-10-23-22(24-11-9-20-8-7-18-29-20)27-16-14-25(15-17-27)19(2)21(28)26-12-5-6-13-26;/h7-8,18-19H,3-6,9-17H2,1-2H3,(H,23,24);1H. The van der Waals surface area contributed by atoms with Crippen LogP contribution >= 0.6 is 24.0 Å². The van der Waals surface area contributed by atoms with Crippen molar-refractivity contribution in [2.75, 3.05) is 52.4 Å². The molecule has 2 aliphatic heterocycles. The molecule has 30 heavy (non-hydrogen) atoms. The van der Waals surface area contributed by atoms with E-state index in [9.17, 15) is 4.79 Å². The van der Waals surface area contributed by atoms with Gasteiger partial charge in [0.1, 0.15) is 5.76 Å². The molecule has 3 rings (SSSR count). The number of aliphatic imine (C=N–C) groups is 1. The van der Waals surface area contributed by atoms with Crippen molar-refractivity contribution in [2.45, 2.75) is 52.0 Å². The highest BCUT2D eigenvalue weighted by Crippen LogP contribution is 2.14. The Bertz CT molecular complexity index is 638. The van der Waals surface area contributed by atoms with Crippen LogP contribution in [0.3, 0.4) is 0 Å².